The van der Waals surface area contributed by atoms with Crippen LogP contribution in [0.1, 0.15) is 36.6 Å². The Morgan fingerprint density at radius 2 is 2.24 bits per heavy atom. The Morgan fingerprint density at radius 1 is 1.47 bits per heavy atom. The number of ether oxygens (including phenoxy) is 1. The van der Waals surface area contributed by atoms with Crippen LogP contribution in [0.3, 0.4) is 0 Å². The number of nitrogens with zero attached hydrogens (tertiary/aromatic N) is 3. The van der Waals surface area contributed by atoms with E-state index in [0.717, 1.165) is 16.6 Å². The summed E-state index contributed by atoms with van der Waals surface area (Å²) in [6, 6.07) is 6.16. The van der Waals surface area contributed by atoms with Gasteiger partial charge in [-0.2, -0.15) is 10.4 Å². The van der Waals surface area contributed by atoms with E-state index in [0.29, 0.717) is 12.3 Å². The maximum atomic E-state index is 9.09. The van der Waals surface area contributed by atoms with Gasteiger partial charge in [0.2, 0.25) is 0 Å². The average Bonchev–Trinajstić information content (AvgIpc) is 2.67. The van der Waals surface area contributed by atoms with E-state index >= 15 is 0 Å². The van der Waals surface area contributed by atoms with E-state index in [1.807, 2.05) is 18.3 Å². The lowest BCUT2D eigenvalue weighted by Gasteiger charge is -2.04. The van der Waals surface area contributed by atoms with Gasteiger partial charge in [0.25, 0.3) is 0 Å². The number of nitriles is 1. The van der Waals surface area contributed by atoms with Gasteiger partial charge in [-0.1, -0.05) is 19.9 Å². The zero-order chi connectivity index (χ0) is 12.4. The molecular formula is C13H15N3O. The first-order chi connectivity index (χ1) is 8.17. The van der Waals surface area contributed by atoms with Crippen molar-refractivity contribution < 1.29 is 4.74 Å². The van der Waals surface area contributed by atoms with Crippen LogP contribution in [0.4, 0.5) is 0 Å². The summed E-state index contributed by atoms with van der Waals surface area (Å²) in [6.45, 7) is 4.69. The Bertz CT molecular complexity index is 578. The van der Waals surface area contributed by atoms with Crippen molar-refractivity contribution in [2.75, 3.05) is 7.11 Å². The molecule has 0 spiro atoms. The number of hydrogen-bond acceptors (Lipinski definition) is 3. The van der Waals surface area contributed by atoms with Gasteiger partial charge in [-0.3, -0.25) is 0 Å². The molecule has 0 atom stereocenters. The molecule has 0 fully saturated rings. The van der Waals surface area contributed by atoms with Gasteiger partial charge in [-0.25, -0.2) is 4.52 Å². The van der Waals surface area contributed by atoms with Crippen molar-refractivity contribution in [3.8, 4) is 6.07 Å². The van der Waals surface area contributed by atoms with Crippen molar-refractivity contribution in [2.24, 2.45) is 0 Å². The zero-order valence-corrected chi connectivity index (χ0v) is 10.3. The van der Waals surface area contributed by atoms with Gasteiger partial charge >= 0.3 is 0 Å². The minimum atomic E-state index is 0.287. The first kappa shape index (κ1) is 11.6. The standard InChI is InChI=1S/C13H15N3O/c1-9(2)13-11(6-14)15-16-7-10(8-17-3)4-5-12(13)16/h4-5,7,9H,8H2,1-3H3. The number of rotatable bonds is 3. The molecule has 0 bridgehead atoms. The van der Waals surface area contributed by atoms with Crippen LogP contribution in [-0.4, -0.2) is 16.7 Å². The molecule has 0 aliphatic rings. The molecule has 4 nitrogen and oxygen atoms in total. The van der Waals surface area contributed by atoms with Gasteiger partial charge in [-0.05, 0) is 17.5 Å². The van der Waals surface area contributed by atoms with Crippen molar-refractivity contribution in [1.82, 2.24) is 9.61 Å². The molecule has 0 unspecified atom stereocenters. The van der Waals surface area contributed by atoms with Crippen LogP contribution in [0, 0.1) is 11.3 Å². The Kier molecular flexibility index (Phi) is 3.12. The molecule has 0 N–H and O–H groups in total. The van der Waals surface area contributed by atoms with Crippen LogP contribution in [0.25, 0.3) is 5.52 Å². The van der Waals surface area contributed by atoms with Crippen molar-refractivity contribution in [1.29, 1.82) is 5.26 Å². The minimum absolute atomic E-state index is 0.287. The van der Waals surface area contributed by atoms with Gasteiger partial charge in [0.05, 0.1) is 12.1 Å². The molecule has 2 heterocycles. The second kappa shape index (κ2) is 4.56. The molecule has 0 amide bonds. The highest BCUT2D eigenvalue weighted by atomic mass is 16.5. The Morgan fingerprint density at radius 3 is 2.82 bits per heavy atom. The maximum Gasteiger partial charge on any atom is 0.166 e. The molecule has 0 aliphatic carbocycles. The van der Waals surface area contributed by atoms with E-state index in [-0.39, 0.29) is 5.92 Å². The van der Waals surface area contributed by atoms with Crippen molar-refractivity contribution in [3.63, 3.8) is 0 Å². The summed E-state index contributed by atoms with van der Waals surface area (Å²) >= 11 is 0. The molecule has 4 heteroatoms. The number of methoxy groups -OCH3 is 1. The predicted octanol–water partition coefficient (Wildman–Crippen LogP) is 2.48. The van der Waals surface area contributed by atoms with E-state index in [1.54, 1.807) is 11.6 Å². The van der Waals surface area contributed by atoms with Gasteiger partial charge in [0, 0.05) is 18.9 Å². The Labute approximate surface area is 100 Å². The number of hydrogen-bond donors (Lipinski definition) is 0. The first-order valence-electron chi connectivity index (χ1n) is 5.57. The van der Waals surface area contributed by atoms with Crippen LogP contribution in [-0.2, 0) is 11.3 Å². The van der Waals surface area contributed by atoms with Crippen LogP contribution < -0.4 is 0 Å². The molecule has 17 heavy (non-hydrogen) atoms. The van der Waals surface area contributed by atoms with Gasteiger partial charge in [-0.15, -0.1) is 0 Å². The second-order valence-corrected chi connectivity index (χ2v) is 4.33. The van der Waals surface area contributed by atoms with E-state index in [1.165, 1.54) is 0 Å². The van der Waals surface area contributed by atoms with E-state index < -0.39 is 0 Å². The third kappa shape index (κ3) is 2.02. The predicted molar refractivity (Wildman–Crippen MR) is 64.7 cm³/mol. The number of pyridine rings is 1. The molecule has 0 aliphatic heterocycles. The highest BCUT2D eigenvalue weighted by molar-refractivity contribution is 5.61. The lowest BCUT2D eigenvalue weighted by molar-refractivity contribution is 0.184. The molecule has 0 aromatic carbocycles. The van der Waals surface area contributed by atoms with Crippen LogP contribution in [0.5, 0.6) is 0 Å². The maximum absolute atomic E-state index is 9.09. The molecule has 2 aromatic heterocycles. The fourth-order valence-electron chi connectivity index (χ4n) is 2.01. The topological polar surface area (TPSA) is 50.3 Å². The molecule has 0 radical (unpaired) electrons. The highest BCUT2D eigenvalue weighted by Gasteiger charge is 2.15. The fourth-order valence-corrected chi connectivity index (χ4v) is 2.01. The smallest absolute Gasteiger partial charge is 0.166 e. The van der Waals surface area contributed by atoms with Crippen LogP contribution in [0.2, 0.25) is 0 Å². The van der Waals surface area contributed by atoms with Gasteiger partial charge < -0.3 is 4.74 Å². The summed E-state index contributed by atoms with van der Waals surface area (Å²) in [5.41, 5.74) is 3.56. The molecule has 2 aromatic rings. The summed E-state index contributed by atoms with van der Waals surface area (Å²) in [4.78, 5) is 0. The highest BCUT2D eigenvalue weighted by Crippen LogP contribution is 2.24. The summed E-state index contributed by atoms with van der Waals surface area (Å²) in [5, 5.41) is 13.4. The summed E-state index contributed by atoms with van der Waals surface area (Å²) in [7, 11) is 1.66. The van der Waals surface area contributed by atoms with Gasteiger partial charge in [0.1, 0.15) is 6.07 Å². The molecule has 88 valence electrons. The molecule has 2 rings (SSSR count). The summed E-state index contributed by atoms with van der Waals surface area (Å²) in [5.74, 6) is 0.287. The Balaban J connectivity index is 2.62. The minimum Gasteiger partial charge on any atom is -0.380 e. The van der Waals surface area contributed by atoms with Crippen LogP contribution >= 0.6 is 0 Å². The van der Waals surface area contributed by atoms with Crippen molar-refractivity contribution in [3.05, 3.63) is 35.2 Å². The summed E-state index contributed by atoms with van der Waals surface area (Å²) in [6.07, 6.45) is 1.91. The molecule has 0 saturated carbocycles. The summed E-state index contributed by atoms with van der Waals surface area (Å²) < 4.78 is 6.85. The lowest BCUT2D eigenvalue weighted by Crippen LogP contribution is -1.94. The van der Waals surface area contributed by atoms with Gasteiger partial charge in [0.15, 0.2) is 5.69 Å². The van der Waals surface area contributed by atoms with Crippen molar-refractivity contribution >= 4 is 5.52 Å². The third-order valence-corrected chi connectivity index (χ3v) is 2.72. The molecular weight excluding hydrogens is 214 g/mol. The average molecular weight is 229 g/mol. The van der Waals surface area contributed by atoms with Crippen LogP contribution in [0.15, 0.2) is 18.3 Å². The van der Waals surface area contributed by atoms with Crippen molar-refractivity contribution in [2.45, 2.75) is 26.4 Å². The lowest BCUT2D eigenvalue weighted by atomic mass is 10.0. The first-order valence-corrected chi connectivity index (χ1v) is 5.57. The second-order valence-electron chi connectivity index (χ2n) is 4.33. The monoisotopic (exact) mass is 229 g/mol. The number of aromatic nitrogens is 2. The Hall–Kier alpha value is -1.86. The fraction of sp³-hybridized carbons (Fsp3) is 0.385. The third-order valence-electron chi connectivity index (χ3n) is 2.72. The normalized spacial score (nSPS) is 11.0. The molecule has 0 saturated heterocycles. The zero-order valence-electron chi connectivity index (χ0n) is 10.3. The quantitative estimate of drug-likeness (QED) is 0.812. The SMILES string of the molecule is COCc1ccc2c(C(C)C)c(C#N)nn2c1. The number of fused-ring (bicyclic) bond motifs is 1. The largest absolute Gasteiger partial charge is 0.380 e. The van der Waals surface area contributed by atoms with E-state index in [2.05, 4.69) is 25.0 Å². The van der Waals surface area contributed by atoms with E-state index in [9.17, 15) is 0 Å². The van der Waals surface area contributed by atoms with E-state index in [4.69, 9.17) is 10.00 Å².